The van der Waals surface area contributed by atoms with E-state index < -0.39 is 0 Å². The van der Waals surface area contributed by atoms with Crippen molar-refractivity contribution in [3.05, 3.63) is 23.9 Å². The molecule has 0 amide bonds. The summed E-state index contributed by atoms with van der Waals surface area (Å²) in [7, 11) is 0. The largest absolute Gasteiger partial charge is 0.367 e. The van der Waals surface area contributed by atoms with E-state index in [1.54, 1.807) is 12.3 Å². The Morgan fingerprint density at radius 1 is 1.47 bits per heavy atom. The van der Waals surface area contributed by atoms with Crippen LogP contribution in [0.4, 0.5) is 5.82 Å². The molecule has 0 atom stereocenters. The third-order valence-electron chi connectivity index (χ3n) is 2.46. The molecule has 0 radical (unpaired) electrons. The smallest absolute Gasteiger partial charge is 0.127 e. The Balaban J connectivity index is 2.00. The minimum absolute atomic E-state index is 0.521. The van der Waals surface area contributed by atoms with Crippen LogP contribution in [0.3, 0.4) is 0 Å². The lowest BCUT2D eigenvalue weighted by atomic mass is 10.1. The standard InChI is InChI=1S/C11H13N3S/c12-8-9-1-4-13-11(7-9)14-10-2-5-15-6-3-10/h1,4,7,10H,2-3,5-6H2,(H,13,14). The summed E-state index contributed by atoms with van der Waals surface area (Å²) in [6, 6.07) is 6.17. The molecule has 0 spiro atoms. The van der Waals surface area contributed by atoms with Gasteiger partial charge in [0.05, 0.1) is 11.6 Å². The molecule has 1 aliphatic rings. The Morgan fingerprint density at radius 3 is 3.00 bits per heavy atom. The van der Waals surface area contributed by atoms with Gasteiger partial charge < -0.3 is 5.32 Å². The van der Waals surface area contributed by atoms with Gasteiger partial charge in [0.2, 0.25) is 0 Å². The fourth-order valence-electron chi connectivity index (χ4n) is 1.63. The van der Waals surface area contributed by atoms with Crippen LogP contribution in [0.2, 0.25) is 0 Å². The average Bonchev–Trinajstić information content (AvgIpc) is 2.31. The SMILES string of the molecule is N#Cc1ccnc(NC2CCSCC2)c1. The lowest BCUT2D eigenvalue weighted by molar-refractivity contribution is 0.664. The summed E-state index contributed by atoms with van der Waals surface area (Å²) in [6.07, 6.45) is 4.05. The van der Waals surface area contributed by atoms with E-state index in [-0.39, 0.29) is 0 Å². The molecule has 0 aromatic carbocycles. The first-order chi connectivity index (χ1) is 7.38. The van der Waals surface area contributed by atoms with Crippen LogP contribution in [0.5, 0.6) is 0 Å². The highest BCUT2D eigenvalue weighted by atomic mass is 32.2. The molecule has 1 saturated heterocycles. The van der Waals surface area contributed by atoms with E-state index in [4.69, 9.17) is 5.26 Å². The van der Waals surface area contributed by atoms with Crippen molar-refractivity contribution >= 4 is 17.6 Å². The van der Waals surface area contributed by atoms with Crippen molar-refractivity contribution in [2.24, 2.45) is 0 Å². The predicted molar refractivity (Wildman–Crippen MR) is 62.9 cm³/mol. The molecule has 1 aromatic heterocycles. The van der Waals surface area contributed by atoms with E-state index >= 15 is 0 Å². The van der Waals surface area contributed by atoms with E-state index in [9.17, 15) is 0 Å². The maximum atomic E-state index is 8.76. The number of nitriles is 1. The van der Waals surface area contributed by atoms with E-state index in [1.165, 1.54) is 24.3 Å². The molecule has 1 aromatic rings. The summed E-state index contributed by atoms with van der Waals surface area (Å²) >= 11 is 2.00. The summed E-state index contributed by atoms with van der Waals surface area (Å²) in [5, 5.41) is 12.1. The summed E-state index contributed by atoms with van der Waals surface area (Å²) in [5.41, 5.74) is 0.665. The van der Waals surface area contributed by atoms with Gasteiger partial charge >= 0.3 is 0 Å². The highest BCUT2D eigenvalue weighted by Gasteiger charge is 2.13. The van der Waals surface area contributed by atoms with Crippen LogP contribution >= 0.6 is 11.8 Å². The van der Waals surface area contributed by atoms with Gasteiger partial charge in [0, 0.05) is 12.2 Å². The summed E-state index contributed by atoms with van der Waals surface area (Å²) < 4.78 is 0. The van der Waals surface area contributed by atoms with Gasteiger partial charge in [-0.3, -0.25) is 0 Å². The zero-order chi connectivity index (χ0) is 10.5. The fraction of sp³-hybridized carbons (Fsp3) is 0.455. The lowest BCUT2D eigenvalue weighted by Crippen LogP contribution is -2.24. The number of anilines is 1. The van der Waals surface area contributed by atoms with Crippen LogP contribution in [0.15, 0.2) is 18.3 Å². The molecular weight excluding hydrogens is 206 g/mol. The van der Waals surface area contributed by atoms with Gasteiger partial charge in [0.1, 0.15) is 5.82 Å². The normalized spacial score (nSPS) is 17.0. The third kappa shape index (κ3) is 2.87. The quantitative estimate of drug-likeness (QED) is 0.829. The van der Waals surface area contributed by atoms with Crippen molar-refractivity contribution in [2.75, 3.05) is 16.8 Å². The fourth-order valence-corrected chi connectivity index (χ4v) is 2.74. The van der Waals surface area contributed by atoms with Gasteiger partial charge in [-0.1, -0.05) is 0 Å². The summed E-state index contributed by atoms with van der Waals surface area (Å²) in [6.45, 7) is 0. The molecule has 1 aliphatic heterocycles. The molecule has 3 nitrogen and oxygen atoms in total. The second-order valence-corrected chi connectivity index (χ2v) is 4.80. The summed E-state index contributed by atoms with van der Waals surface area (Å²) in [5.74, 6) is 3.26. The maximum Gasteiger partial charge on any atom is 0.127 e. The molecule has 0 aliphatic carbocycles. The van der Waals surface area contributed by atoms with Gasteiger partial charge in [-0.05, 0) is 36.5 Å². The lowest BCUT2D eigenvalue weighted by Gasteiger charge is -2.22. The number of nitrogens with one attached hydrogen (secondary N) is 1. The number of nitrogens with zero attached hydrogens (tertiary/aromatic N) is 2. The van der Waals surface area contributed by atoms with Crippen LogP contribution in [0.25, 0.3) is 0 Å². The first kappa shape index (κ1) is 10.3. The first-order valence-corrected chi connectivity index (χ1v) is 6.24. The Labute approximate surface area is 93.9 Å². The first-order valence-electron chi connectivity index (χ1n) is 5.09. The highest BCUT2D eigenvalue weighted by Crippen LogP contribution is 2.20. The summed E-state index contributed by atoms with van der Waals surface area (Å²) in [4.78, 5) is 4.21. The molecular formula is C11H13N3S. The van der Waals surface area contributed by atoms with Crippen LogP contribution in [0.1, 0.15) is 18.4 Å². The van der Waals surface area contributed by atoms with Crippen LogP contribution in [-0.2, 0) is 0 Å². The topological polar surface area (TPSA) is 48.7 Å². The molecule has 2 rings (SSSR count). The van der Waals surface area contributed by atoms with Gasteiger partial charge in [-0.15, -0.1) is 0 Å². The van der Waals surface area contributed by atoms with Crippen molar-refractivity contribution in [1.29, 1.82) is 5.26 Å². The average molecular weight is 219 g/mol. The number of hydrogen-bond acceptors (Lipinski definition) is 4. The van der Waals surface area contributed by atoms with Crippen LogP contribution in [0, 0.1) is 11.3 Å². The Kier molecular flexibility index (Phi) is 3.46. The monoisotopic (exact) mass is 219 g/mol. The maximum absolute atomic E-state index is 8.76. The highest BCUT2D eigenvalue weighted by molar-refractivity contribution is 7.99. The molecule has 2 heterocycles. The zero-order valence-electron chi connectivity index (χ0n) is 8.44. The minimum Gasteiger partial charge on any atom is -0.367 e. The van der Waals surface area contributed by atoms with Crippen LogP contribution < -0.4 is 5.32 Å². The van der Waals surface area contributed by atoms with Gasteiger partial charge in [0.15, 0.2) is 0 Å². The third-order valence-corrected chi connectivity index (χ3v) is 3.51. The van der Waals surface area contributed by atoms with Crippen molar-refractivity contribution in [3.63, 3.8) is 0 Å². The van der Waals surface area contributed by atoms with Crippen molar-refractivity contribution in [3.8, 4) is 6.07 Å². The number of thioether (sulfide) groups is 1. The molecule has 0 bridgehead atoms. The number of rotatable bonds is 2. The number of pyridine rings is 1. The second kappa shape index (κ2) is 5.04. The van der Waals surface area contributed by atoms with E-state index in [0.29, 0.717) is 11.6 Å². The number of hydrogen-bond donors (Lipinski definition) is 1. The van der Waals surface area contributed by atoms with E-state index in [0.717, 1.165) is 5.82 Å². The molecule has 4 heteroatoms. The van der Waals surface area contributed by atoms with Gasteiger partial charge in [-0.25, -0.2) is 4.98 Å². The second-order valence-electron chi connectivity index (χ2n) is 3.57. The number of aromatic nitrogens is 1. The Hall–Kier alpha value is -1.21. The molecule has 78 valence electrons. The Morgan fingerprint density at radius 2 is 2.27 bits per heavy atom. The van der Waals surface area contributed by atoms with E-state index in [1.807, 2.05) is 17.8 Å². The van der Waals surface area contributed by atoms with Crippen molar-refractivity contribution in [2.45, 2.75) is 18.9 Å². The van der Waals surface area contributed by atoms with Crippen molar-refractivity contribution < 1.29 is 0 Å². The molecule has 0 saturated carbocycles. The van der Waals surface area contributed by atoms with E-state index in [2.05, 4.69) is 16.4 Å². The van der Waals surface area contributed by atoms with Crippen LogP contribution in [-0.4, -0.2) is 22.5 Å². The van der Waals surface area contributed by atoms with Gasteiger partial charge in [0.25, 0.3) is 0 Å². The van der Waals surface area contributed by atoms with Crippen molar-refractivity contribution in [1.82, 2.24) is 4.98 Å². The van der Waals surface area contributed by atoms with Gasteiger partial charge in [-0.2, -0.15) is 17.0 Å². The molecule has 15 heavy (non-hydrogen) atoms. The Bertz CT molecular complexity index is 366. The molecule has 1 fully saturated rings. The molecule has 0 unspecified atom stereocenters. The molecule has 1 N–H and O–H groups in total. The predicted octanol–water partition coefficient (Wildman–Crippen LogP) is 2.26. The minimum atomic E-state index is 0.521. The zero-order valence-corrected chi connectivity index (χ0v) is 9.26.